The summed E-state index contributed by atoms with van der Waals surface area (Å²) in [6.07, 6.45) is 6.88. The largest absolute Gasteiger partial charge is 0.478 e. The zero-order chi connectivity index (χ0) is 20.7. The van der Waals surface area contributed by atoms with Gasteiger partial charge in [-0.05, 0) is 39.0 Å². The fourth-order valence-corrected chi connectivity index (χ4v) is 4.48. The number of fused-ring (bicyclic) bond motifs is 1. The third-order valence-electron chi connectivity index (χ3n) is 4.66. The van der Waals surface area contributed by atoms with Gasteiger partial charge in [-0.1, -0.05) is 29.4 Å². The van der Waals surface area contributed by atoms with Crippen LogP contribution < -0.4 is 0 Å². The first kappa shape index (κ1) is 19.5. The number of rotatable bonds is 5. The van der Waals surface area contributed by atoms with Crippen LogP contribution in [-0.4, -0.2) is 30.4 Å². The highest BCUT2D eigenvalue weighted by atomic mass is 35.5. The number of carboxylic acids is 1. The van der Waals surface area contributed by atoms with Gasteiger partial charge in [-0.3, -0.25) is 9.67 Å². The van der Waals surface area contributed by atoms with Crippen LogP contribution in [0.3, 0.4) is 0 Å². The summed E-state index contributed by atoms with van der Waals surface area (Å²) in [5, 5.41) is 15.4. The average Bonchev–Trinajstić information content (AvgIpc) is 3.25. The molecule has 0 spiro atoms. The maximum atomic E-state index is 11.3. The normalized spacial score (nSPS) is 11.5. The van der Waals surface area contributed by atoms with Crippen molar-refractivity contribution >= 4 is 40.2 Å². The van der Waals surface area contributed by atoms with Crippen LogP contribution in [0.2, 0.25) is 5.02 Å². The maximum absolute atomic E-state index is 11.3. The number of aromatic nitrogens is 4. The minimum Gasteiger partial charge on any atom is -0.478 e. The van der Waals surface area contributed by atoms with Crippen LogP contribution in [0.25, 0.3) is 16.6 Å². The molecular formula is C21H19ClN4O2S. The smallest absolute Gasteiger partial charge is 0.337 e. The lowest BCUT2D eigenvalue weighted by Crippen LogP contribution is -2.00. The molecule has 3 aromatic heterocycles. The predicted molar refractivity (Wildman–Crippen MR) is 115 cm³/mol. The summed E-state index contributed by atoms with van der Waals surface area (Å²) in [6, 6.07) is 7.68. The van der Waals surface area contributed by atoms with Crippen molar-refractivity contribution in [2.45, 2.75) is 36.6 Å². The van der Waals surface area contributed by atoms with Crippen LogP contribution in [0.4, 0.5) is 0 Å². The molecular weight excluding hydrogens is 408 g/mol. The molecule has 148 valence electrons. The number of carboxylic acid groups (broad SMARTS) is 1. The molecule has 1 N–H and O–H groups in total. The van der Waals surface area contributed by atoms with Crippen molar-refractivity contribution in [2.75, 3.05) is 0 Å². The van der Waals surface area contributed by atoms with E-state index in [1.807, 2.05) is 42.2 Å². The molecule has 8 heteroatoms. The SMILES string of the molecule is Cc1c(Sc2cncc(C(=O)O)c2)c2ccc(Cl)cc2n1-c1cnn(C(C)C)c1. The van der Waals surface area contributed by atoms with Gasteiger partial charge in [0.1, 0.15) is 0 Å². The van der Waals surface area contributed by atoms with Crippen LogP contribution in [0.15, 0.2) is 58.8 Å². The zero-order valence-corrected chi connectivity index (χ0v) is 17.7. The Morgan fingerprint density at radius 1 is 1.21 bits per heavy atom. The lowest BCUT2D eigenvalue weighted by molar-refractivity contribution is 0.0696. The minimum atomic E-state index is -0.994. The van der Waals surface area contributed by atoms with Gasteiger partial charge >= 0.3 is 5.97 Å². The summed E-state index contributed by atoms with van der Waals surface area (Å²) < 4.78 is 4.04. The van der Waals surface area contributed by atoms with Crippen molar-refractivity contribution in [2.24, 2.45) is 0 Å². The molecule has 0 aliphatic rings. The lowest BCUT2D eigenvalue weighted by atomic mass is 10.2. The van der Waals surface area contributed by atoms with E-state index in [-0.39, 0.29) is 11.6 Å². The van der Waals surface area contributed by atoms with Gasteiger partial charge in [-0.25, -0.2) is 4.79 Å². The molecule has 3 heterocycles. The van der Waals surface area contributed by atoms with Gasteiger partial charge in [0.15, 0.2) is 0 Å². The van der Waals surface area contributed by atoms with Crippen LogP contribution in [0.1, 0.15) is 35.9 Å². The lowest BCUT2D eigenvalue weighted by Gasteiger charge is -2.07. The molecule has 4 aromatic rings. The van der Waals surface area contributed by atoms with Crippen LogP contribution >= 0.6 is 23.4 Å². The zero-order valence-electron chi connectivity index (χ0n) is 16.1. The monoisotopic (exact) mass is 426 g/mol. The van der Waals surface area contributed by atoms with E-state index in [0.29, 0.717) is 5.02 Å². The number of hydrogen-bond acceptors (Lipinski definition) is 4. The highest BCUT2D eigenvalue weighted by Gasteiger charge is 2.19. The van der Waals surface area contributed by atoms with Crippen LogP contribution in [0, 0.1) is 6.92 Å². The van der Waals surface area contributed by atoms with E-state index in [0.717, 1.165) is 32.1 Å². The van der Waals surface area contributed by atoms with E-state index < -0.39 is 5.97 Å². The molecule has 0 aliphatic heterocycles. The van der Waals surface area contributed by atoms with Gasteiger partial charge in [0.05, 0.1) is 23.0 Å². The van der Waals surface area contributed by atoms with Gasteiger partial charge in [0.25, 0.3) is 0 Å². The number of halogens is 1. The van der Waals surface area contributed by atoms with Gasteiger partial charge in [-0.2, -0.15) is 5.10 Å². The van der Waals surface area contributed by atoms with Crippen LogP contribution in [0.5, 0.6) is 0 Å². The molecule has 0 bridgehead atoms. The Morgan fingerprint density at radius 3 is 2.69 bits per heavy atom. The van der Waals surface area contributed by atoms with Crippen LogP contribution in [-0.2, 0) is 0 Å². The second kappa shape index (κ2) is 7.57. The molecule has 0 aliphatic carbocycles. The molecule has 6 nitrogen and oxygen atoms in total. The number of hydrogen-bond donors (Lipinski definition) is 1. The summed E-state index contributed by atoms with van der Waals surface area (Å²) in [4.78, 5) is 17.2. The highest BCUT2D eigenvalue weighted by molar-refractivity contribution is 7.99. The van der Waals surface area contributed by atoms with E-state index in [1.165, 1.54) is 18.0 Å². The van der Waals surface area contributed by atoms with E-state index in [1.54, 1.807) is 12.3 Å². The fourth-order valence-electron chi connectivity index (χ4n) is 3.26. The molecule has 0 atom stereocenters. The number of aromatic carboxylic acids is 1. The second-order valence-electron chi connectivity index (χ2n) is 7.00. The maximum Gasteiger partial charge on any atom is 0.337 e. The summed E-state index contributed by atoms with van der Waals surface area (Å²) in [7, 11) is 0. The summed E-state index contributed by atoms with van der Waals surface area (Å²) in [5.74, 6) is -0.994. The minimum absolute atomic E-state index is 0.164. The standard InChI is InChI=1S/C21H19ClN4O2S/c1-12(2)25-11-16(9-24-25)26-13(3)20(18-5-4-15(22)7-19(18)26)29-17-6-14(21(27)28)8-23-10-17/h4-12H,1-3H3,(H,27,28). The second-order valence-corrected chi connectivity index (χ2v) is 8.52. The first-order valence-electron chi connectivity index (χ1n) is 9.06. The number of carbonyl (C=O) groups is 1. The molecule has 0 saturated carbocycles. The van der Waals surface area contributed by atoms with Crippen molar-refractivity contribution in [3.8, 4) is 5.69 Å². The molecule has 0 unspecified atom stereocenters. The topological polar surface area (TPSA) is 72.9 Å². The summed E-state index contributed by atoms with van der Waals surface area (Å²) in [5.41, 5.74) is 3.12. The first-order chi connectivity index (χ1) is 13.8. The van der Waals surface area contributed by atoms with Gasteiger partial charge in [0.2, 0.25) is 0 Å². The van der Waals surface area contributed by atoms with Crippen molar-refractivity contribution in [3.63, 3.8) is 0 Å². The number of pyridine rings is 1. The molecule has 4 rings (SSSR count). The van der Waals surface area contributed by atoms with Crippen molar-refractivity contribution in [1.29, 1.82) is 0 Å². The highest BCUT2D eigenvalue weighted by Crippen LogP contribution is 2.40. The average molecular weight is 427 g/mol. The van der Waals surface area contributed by atoms with Gasteiger partial charge < -0.3 is 9.67 Å². The van der Waals surface area contributed by atoms with Crippen molar-refractivity contribution < 1.29 is 9.90 Å². The van der Waals surface area contributed by atoms with E-state index in [9.17, 15) is 9.90 Å². The molecule has 0 radical (unpaired) electrons. The quantitative estimate of drug-likeness (QED) is 0.448. The van der Waals surface area contributed by atoms with Crippen molar-refractivity contribution in [1.82, 2.24) is 19.3 Å². The third kappa shape index (κ3) is 3.63. The molecule has 0 amide bonds. The molecule has 0 saturated heterocycles. The molecule has 29 heavy (non-hydrogen) atoms. The third-order valence-corrected chi connectivity index (χ3v) is 6.08. The number of nitrogens with zero attached hydrogens (tertiary/aromatic N) is 4. The predicted octanol–water partition coefficient (Wildman–Crippen LogP) is 5.61. The summed E-state index contributed by atoms with van der Waals surface area (Å²) in [6.45, 7) is 6.20. The first-order valence-corrected chi connectivity index (χ1v) is 10.3. The van der Waals surface area contributed by atoms with Gasteiger partial charge in [0, 0.05) is 50.5 Å². The Bertz CT molecular complexity index is 1230. The Morgan fingerprint density at radius 2 is 2.00 bits per heavy atom. The Kier molecular flexibility index (Phi) is 5.10. The number of benzene rings is 1. The Balaban J connectivity index is 1.88. The van der Waals surface area contributed by atoms with Crippen molar-refractivity contribution in [3.05, 3.63) is 65.3 Å². The fraction of sp³-hybridized carbons (Fsp3) is 0.190. The Labute approximate surface area is 177 Å². The summed E-state index contributed by atoms with van der Waals surface area (Å²) >= 11 is 7.79. The molecule has 0 fully saturated rings. The van der Waals surface area contributed by atoms with E-state index in [2.05, 4.69) is 28.5 Å². The Hall–Kier alpha value is -2.77. The van der Waals surface area contributed by atoms with E-state index >= 15 is 0 Å². The van der Waals surface area contributed by atoms with Gasteiger partial charge in [-0.15, -0.1) is 0 Å². The van der Waals surface area contributed by atoms with E-state index in [4.69, 9.17) is 11.6 Å². The molecule has 1 aromatic carbocycles.